The lowest BCUT2D eigenvalue weighted by molar-refractivity contribution is -0.127. The molecule has 11 heteroatoms. The van der Waals surface area contributed by atoms with E-state index in [-0.39, 0.29) is 28.7 Å². The maximum Gasteiger partial charge on any atom is 0.270 e. The Morgan fingerprint density at radius 1 is 1.14 bits per heavy atom. The zero-order chi connectivity index (χ0) is 27.3. The molecule has 0 aliphatic carbocycles. The van der Waals surface area contributed by atoms with Crippen molar-refractivity contribution in [2.24, 2.45) is 5.73 Å². The van der Waals surface area contributed by atoms with Crippen LogP contribution >= 0.6 is 11.5 Å². The van der Waals surface area contributed by atoms with Crippen LogP contribution in [-0.4, -0.2) is 51.6 Å². The quantitative estimate of drug-likeness (QED) is 0.370. The monoisotopic (exact) mass is 523 g/mol. The van der Waals surface area contributed by atoms with Crippen LogP contribution in [0.1, 0.15) is 64.5 Å². The van der Waals surface area contributed by atoms with Crippen molar-refractivity contribution in [2.45, 2.75) is 45.3 Å². The molecule has 3 rings (SSSR count). The van der Waals surface area contributed by atoms with E-state index in [1.807, 2.05) is 70.1 Å². The second-order valence-electron chi connectivity index (χ2n) is 9.55. The molecule has 0 saturated heterocycles. The smallest absolute Gasteiger partial charge is 0.270 e. The van der Waals surface area contributed by atoms with Gasteiger partial charge in [0.1, 0.15) is 10.9 Å². The maximum atomic E-state index is 14.0. The Kier molecular flexibility index (Phi) is 8.49. The SMILES string of the molecule is CCC(C)(C)NC(=O)[C@@H](c1ccc(N(C)C)cc1)N(Cc1cccnc1)C(=O)c1snc(C(N)=O)c1N. The van der Waals surface area contributed by atoms with Gasteiger partial charge in [-0.15, -0.1) is 0 Å². The first-order valence-electron chi connectivity index (χ1n) is 11.8. The maximum absolute atomic E-state index is 14.0. The van der Waals surface area contributed by atoms with E-state index < -0.39 is 23.4 Å². The molecule has 2 heterocycles. The number of nitrogens with zero attached hydrogens (tertiary/aromatic N) is 4. The van der Waals surface area contributed by atoms with Gasteiger partial charge in [-0.05, 0) is 61.1 Å². The molecule has 196 valence electrons. The molecule has 1 atom stereocenters. The number of aromatic nitrogens is 2. The summed E-state index contributed by atoms with van der Waals surface area (Å²) in [5, 5.41) is 3.08. The number of amides is 3. The summed E-state index contributed by atoms with van der Waals surface area (Å²) in [5.74, 6) is -1.72. The molecule has 10 nitrogen and oxygen atoms in total. The largest absolute Gasteiger partial charge is 0.395 e. The van der Waals surface area contributed by atoms with Crippen molar-refractivity contribution in [1.29, 1.82) is 0 Å². The molecular formula is C26H33N7O3S. The lowest BCUT2D eigenvalue weighted by Crippen LogP contribution is -2.50. The zero-order valence-corrected chi connectivity index (χ0v) is 22.5. The van der Waals surface area contributed by atoms with Crippen molar-refractivity contribution in [3.05, 3.63) is 70.5 Å². The first-order chi connectivity index (χ1) is 17.4. The van der Waals surface area contributed by atoms with Crippen LogP contribution in [0.5, 0.6) is 0 Å². The average Bonchev–Trinajstić information content (AvgIpc) is 3.25. The first kappa shape index (κ1) is 27.6. The Balaban J connectivity index is 2.16. The van der Waals surface area contributed by atoms with Crippen LogP contribution in [0.25, 0.3) is 0 Å². The lowest BCUT2D eigenvalue weighted by Gasteiger charge is -2.34. The third kappa shape index (κ3) is 6.42. The normalized spacial score (nSPS) is 12.0. The number of primary amides is 1. The Hall–Kier alpha value is -3.99. The Labute approximate surface area is 220 Å². The van der Waals surface area contributed by atoms with Gasteiger partial charge in [-0.25, -0.2) is 0 Å². The number of nitrogen functional groups attached to an aromatic ring is 1. The minimum atomic E-state index is -1.01. The van der Waals surface area contributed by atoms with Crippen molar-refractivity contribution in [3.8, 4) is 0 Å². The highest BCUT2D eigenvalue weighted by molar-refractivity contribution is 7.09. The molecule has 1 aromatic carbocycles. The first-order valence-corrected chi connectivity index (χ1v) is 12.6. The summed E-state index contributed by atoms with van der Waals surface area (Å²) < 4.78 is 3.98. The highest BCUT2D eigenvalue weighted by Gasteiger charge is 2.36. The highest BCUT2D eigenvalue weighted by Crippen LogP contribution is 2.31. The van der Waals surface area contributed by atoms with Gasteiger partial charge in [0.25, 0.3) is 11.8 Å². The van der Waals surface area contributed by atoms with Gasteiger partial charge in [0.2, 0.25) is 5.91 Å². The Morgan fingerprint density at radius 2 is 1.81 bits per heavy atom. The van der Waals surface area contributed by atoms with Crippen LogP contribution in [0.2, 0.25) is 0 Å². The minimum Gasteiger partial charge on any atom is -0.395 e. The van der Waals surface area contributed by atoms with Crippen LogP contribution in [0.15, 0.2) is 48.8 Å². The average molecular weight is 524 g/mol. The Morgan fingerprint density at radius 3 is 2.32 bits per heavy atom. The van der Waals surface area contributed by atoms with Crippen molar-refractivity contribution >= 4 is 40.6 Å². The molecule has 0 unspecified atom stereocenters. The summed E-state index contributed by atoms with van der Waals surface area (Å²) in [6.07, 6.45) is 3.94. The van der Waals surface area contributed by atoms with E-state index in [4.69, 9.17) is 11.5 Å². The number of hydrogen-bond acceptors (Lipinski definition) is 8. The fourth-order valence-electron chi connectivity index (χ4n) is 3.65. The Bertz CT molecular complexity index is 1260. The molecule has 5 N–H and O–H groups in total. The van der Waals surface area contributed by atoms with Crippen molar-refractivity contribution in [1.82, 2.24) is 19.6 Å². The molecular weight excluding hydrogens is 490 g/mol. The third-order valence-corrected chi connectivity index (χ3v) is 6.97. The molecule has 0 saturated carbocycles. The van der Waals surface area contributed by atoms with E-state index in [1.165, 1.54) is 4.90 Å². The van der Waals surface area contributed by atoms with E-state index in [0.717, 1.165) is 17.2 Å². The van der Waals surface area contributed by atoms with Gasteiger partial charge >= 0.3 is 0 Å². The summed E-state index contributed by atoms with van der Waals surface area (Å²) in [5.41, 5.74) is 13.0. The predicted octanol–water partition coefficient (Wildman–Crippen LogP) is 2.97. The number of pyridine rings is 1. The number of nitrogens with one attached hydrogen (secondary N) is 1. The number of carbonyl (C=O) groups is 3. The van der Waals surface area contributed by atoms with E-state index in [1.54, 1.807) is 18.5 Å². The van der Waals surface area contributed by atoms with Crippen LogP contribution in [0, 0.1) is 0 Å². The summed E-state index contributed by atoms with van der Waals surface area (Å²) >= 11 is 0.779. The van der Waals surface area contributed by atoms with Crippen LogP contribution < -0.4 is 21.7 Å². The number of carbonyl (C=O) groups excluding carboxylic acids is 3. The molecule has 0 bridgehead atoms. The van der Waals surface area contributed by atoms with Gasteiger partial charge in [-0.1, -0.05) is 25.1 Å². The molecule has 0 radical (unpaired) electrons. The highest BCUT2D eigenvalue weighted by atomic mass is 32.1. The van der Waals surface area contributed by atoms with Crippen LogP contribution in [0.4, 0.5) is 11.4 Å². The van der Waals surface area contributed by atoms with E-state index in [0.29, 0.717) is 17.5 Å². The lowest BCUT2D eigenvalue weighted by atomic mass is 9.98. The zero-order valence-electron chi connectivity index (χ0n) is 21.7. The molecule has 3 aromatic rings. The fourth-order valence-corrected chi connectivity index (χ4v) is 4.41. The predicted molar refractivity (Wildman–Crippen MR) is 145 cm³/mol. The summed E-state index contributed by atoms with van der Waals surface area (Å²) in [7, 11) is 3.84. The van der Waals surface area contributed by atoms with Crippen LogP contribution in [-0.2, 0) is 11.3 Å². The standard InChI is InChI=1S/C26H33N7O3S/c1-6-26(2,3)30-24(35)21(17-9-11-18(12-10-17)32(4)5)33(15-16-8-7-13-29-14-16)25(36)22-19(27)20(23(28)34)31-37-22/h7-14,21H,6,15,27H2,1-5H3,(H2,28,34)(H,30,35)/t21-/m1/s1. The number of rotatable bonds is 10. The molecule has 0 spiro atoms. The van der Waals surface area contributed by atoms with Gasteiger partial charge in [0.15, 0.2) is 5.69 Å². The van der Waals surface area contributed by atoms with Gasteiger partial charge in [0.05, 0.1) is 5.69 Å². The van der Waals surface area contributed by atoms with Crippen molar-refractivity contribution in [3.63, 3.8) is 0 Å². The van der Waals surface area contributed by atoms with Gasteiger partial charge in [-0.3, -0.25) is 19.4 Å². The van der Waals surface area contributed by atoms with Gasteiger partial charge < -0.3 is 26.6 Å². The number of anilines is 2. The summed E-state index contributed by atoms with van der Waals surface area (Å²) in [6, 6.07) is 10.00. The summed E-state index contributed by atoms with van der Waals surface area (Å²) in [4.78, 5) is 47.2. The number of hydrogen-bond donors (Lipinski definition) is 3. The second kappa shape index (κ2) is 11.4. The fraction of sp³-hybridized carbons (Fsp3) is 0.346. The number of nitrogens with two attached hydrogens (primary N) is 2. The molecule has 0 aliphatic rings. The topological polar surface area (TPSA) is 148 Å². The molecule has 2 aromatic heterocycles. The van der Waals surface area contributed by atoms with Gasteiger partial charge in [0, 0.05) is 44.3 Å². The van der Waals surface area contributed by atoms with E-state index in [2.05, 4.69) is 14.7 Å². The molecule has 0 fully saturated rings. The molecule has 3 amide bonds. The molecule has 37 heavy (non-hydrogen) atoms. The van der Waals surface area contributed by atoms with Gasteiger partial charge in [-0.2, -0.15) is 4.37 Å². The molecule has 0 aliphatic heterocycles. The van der Waals surface area contributed by atoms with E-state index in [9.17, 15) is 14.4 Å². The number of benzene rings is 1. The van der Waals surface area contributed by atoms with Crippen molar-refractivity contribution < 1.29 is 14.4 Å². The van der Waals surface area contributed by atoms with E-state index >= 15 is 0 Å². The van der Waals surface area contributed by atoms with Crippen molar-refractivity contribution in [2.75, 3.05) is 24.7 Å². The third-order valence-electron chi connectivity index (χ3n) is 6.12. The van der Waals surface area contributed by atoms with Crippen LogP contribution in [0.3, 0.4) is 0 Å². The minimum absolute atomic E-state index is 0.0372. The summed E-state index contributed by atoms with van der Waals surface area (Å²) in [6.45, 7) is 5.88. The second-order valence-corrected chi connectivity index (χ2v) is 10.3.